The average molecular weight is 636 g/mol. The molecule has 2 N–H and O–H groups in total. The van der Waals surface area contributed by atoms with Crippen molar-refractivity contribution in [3.05, 3.63) is 29.2 Å². The Labute approximate surface area is 265 Å². The minimum absolute atomic E-state index is 0.00197. The summed E-state index contributed by atoms with van der Waals surface area (Å²) in [5.41, 5.74) is 2.06. The summed E-state index contributed by atoms with van der Waals surface area (Å²) in [6.45, 7) is 6.15. The van der Waals surface area contributed by atoms with Crippen molar-refractivity contribution < 1.29 is 28.1 Å². The van der Waals surface area contributed by atoms with Gasteiger partial charge in [-0.05, 0) is 69.2 Å². The molecule has 1 aromatic carbocycles. The van der Waals surface area contributed by atoms with Crippen molar-refractivity contribution in [2.45, 2.75) is 69.2 Å². The average Bonchev–Trinajstić information content (AvgIpc) is 3.56. The smallest absolute Gasteiger partial charge is 0.319 e. The maximum absolute atomic E-state index is 17.2. The van der Waals surface area contributed by atoms with Crippen LogP contribution in [0.15, 0.2) is 12.3 Å². The van der Waals surface area contributed by atoms with Gasteiger partial charge in [0, 0.05) is 30.5 Å². The summed E-state index contributed by atoms with van der Waals surface area (Å²) in [6, 6.07) is 2.03. The van der Waals surface area contributed by atoms with Gasteiger partial charge in [0.1, 0.15) is 40.8 Å². The quantitative estimate of drug-likeness (QED) is 0.301. The van der Waals surface area contributed by atoms with Gasteiger partial charge in [-0.25, -0.2) is 13.8 Å². The first-order chi connectivity index (χ1) is 22.2. The second-order valence-corrected chi connectivity index (χ2v) is 13.8. The number of aromatic nitrogens is 5. The van der Waals surface area contributed by atoms with Crippen LogP contribution in [-0.4, -0.2) is 106 Å². The minimum Gasteiger partial charge on any atom is -0.480 e. The summed E-state index contributed by atoms with van der Waals surface area (Å²) in [4.78, 5) is 18.3. The summed E-state index contributed by atoms with van der Waals surface area (Å²) in [5.74, 6) is 0.170. The van der Waals surface area contributed by atoms with Crippen molar-refractivity contribution in [3.63, 3.8) is 0 Å². The molecule has 3 unspecified atom stereocenters. The molecule has 46 heavy (non-hydrogen) atoms. The van der Waals surface area contributed by atoms with Crippen LogP contribution in [0.4, 0.5) is 14.6 Å². The van der Waals surface area contributed by atoms with E-state index in [0.717, 1.165) is 54.3 Å². The third kappa shape index (κ3) is 4.94. The molecule has 8 rings (SSSR count). The van der Waals surface area contributed by atoms with E-state index in [-0.39, 0.29) is 48.2 Å². The van der Waals surface area contributed by atoms with Crippen LogP contribution in [0, 0.1) is 12.7 Å². The van der Waals surface area contributed by atoms with Crippen LogP contribution < -0.4 is 14.4 Å². The summed E-state index contributed by atoms with van der Waals surface area (Å²) < 4.78 is 49.6. The minimum atomic E-state index is -1.19. The number of fused-ring (bicyclic) bond motifs is 3. The molecule has 3 aromatic heterocycles. The topological polar surface area (TPSA) is 122 Å². The fourth-order valence-corrected chi connectivity index (χ4v) is 7.94. The Morgan fingerprint density at radius 2 is 2.07 bits per heavy atom. The van der Waals surface area contributed by atoms with E-state index in [1.54, 1.807) is 13.1 Å². The maximum atomic E-state index is 17.2. The molecule has 4 aromatic rings. The van der Waals surface area contributed by atoms with Crippen molar-refractivity contribution in [3.8, 4) is 23.1 Å². The van der Waals surface area contributed by atoms with E-state index in [4.69, 9.17) is 24.2 Å². The molecule has 244 valence electrons. The third-order valence-electron chi connectivity index (χ3n) is 10.1. The highest BCUT2D eigenvalue weighted by atomic mass is 19.1. The Balaban J connectivity index is 1.32. The second kappa shape index (κ2) is 11.0. The van der Waals surface area contributed by atoms with E-state index in [1.807, 2.05) is 17.9 Å². The predicted molar refractivity (Wildman–Crippen MR) is 168 cm³/mol. The van der Waals surface area contributed by atoms with Gasteiger partial charge in [0.05, 0.1) is 44.1 Å². The number of methoxy groups -OCH3 is 1. The fourth-order valence-electron chi connectivity index (χ4n) is 7.94. The maximum Gasteiger partial charge on any atom is 0.319 e. The fraction of sp³-hybridized carbons (Fsp3) is 0.576. The van der Waals surface area contributed by atoms with Crippen molar-refractivity contribution in [1.29, 1.82) is 0 Å². The van der Waals surface area contributed by atoms with Crippen molar-refractivity contribution in [2.24, 2.45) is 0 Å². The Bertz CT molecular complexity index is 1830. The number of rotatable bonds is 7. The van der Waals surface area contributed by atoms with E-state index in [1.165, 1.54) is 7.11 Å². The molecule has 1 saturated carbocycles. The molecule has 3 atom stereocenters. The number of pyridine rings is 1. The number of halogens is 2. The number of aryl methyl sites for hydroxylation is 1. The van der Waals surface area contributed by atoms with Gasteiger partial charge in [-0.2, -0.15) is 15.1 Å². The molecule has 0 spiro atoms. The number of H-pyrrole nitrogens is 1. The standard InChI is InChI=1S/C33H39F2N7O4/c1-18-11-22-21(13-36-40-22)24(23(18)19-5-6-19)27-26(35)28-25(30(37-27)44-3)29(41-9-10-45-16-32(2,43)15-41)39-31(38-28)46-17-33-7-4-8-42(33)14-20(34)12-33/h11,13,19-20,43H,4-10,12,14-17H2,1-3H3,(H,36,40). The first-order valence-electron chi connectivity index (χ1n) is 16.2. The molecule has 4 fully saturated rings. The lowest BCUT2D eigenvalue weighted by Gasteiger charge is -2.31. The number of hydrogen-bond donors (Lipinski definition) is 2. The number of nitrogens with zero attached hydrogens (tertiary/aromatic N) is 6. The van der Waals surface area contributed by atoms with Crippen LogP contribution in [0.2, 0.25) is 0 Å². The van der Waals surface area contributed by atoms with Gasteiger partial charge in [0.2, 0.25) is 5.88 Å². The van der Waals surface area contributed by atoms with Crippen molar-refractivity contribution in [2.75, 3.05) is 58.0 Å². The Morgan fingerprint density at radius 1 is 1.22 bits per heavy atom. The SMILES string of the molecule is COc1nc(-c2c(C3CC3)c(C)cc3[nH]ncc23)c(F)c2nc(OCC34CCCN3CC(F)C4)nc(N3CCOCC(C)(O)C3)c12. The Morgan fingerprint density at radius 3 is 2.87 bits per heavy atom. The van der Waals surface area contributed by atoms with Crippen LogP contribution >= 0.6 is 0 Å². The zero-order valence-corrected chi connectivity index (χ0v) is 26.4. The lowest BCUT2D eigenvalue weighted by molar-refractivity contribution is -0.0123. The molecule has 0 radical (unpaired) electrons. The summed E-state index contributed by atoms with van der Waals surface area (Å²) in [6.07, 6.45) is 4.99. The van der Waals surface area contributed by atoms with E-state index in [9.17, 15) is 9.50 Å². The number of β-amino-alcohol motifs (C(OH)–C–C–N with tert-alkyl or cyclic N) is 1. The number of aromatic amines is 1. The predicted octanol–water partition coefficient (Wildman–Crippen LogP) is 4.44. The van der Waals surface area contributed by atoms with E-state index in [0.29, 0.717) is 43.4 Å². The number of anilines is 1. The summed E-state index contributed by atoms with van der Waals surface area (Å²) in [5, 5.41) is 19.4. The number of nitrogens with one attached hydrogen (secondary N) is 1. The summed E-state index contributed by atoms with van der Waals surface area (Å²) >= 11 is 0. The van der Waals surface area contributed by atoms with Gasteiger partial charge in [0.15, 0.2) is 5.82 Å². The Kier molecular flexibility index (Phi) is 7.07. The molecular weight excluding hydrogens is 596 g/mol. The zero-order chi connectivity index (χ0) is 31.8. The Hall–Kier alpha value is -3.68. The molecule has 13 heteroatoms. The van der Waals surface area contributed by atoms with Gasteiger partial charge in [-0.1, -0.05) is 0 Å². The molecule has 3 saturated heterocycles. The van der Waals surface area contributed by atoms with E-state index >= 15 is 4.39 Å². The van der Waals surface area contributed by atoms with E-state index < -0.39 is 23.1 Å². The van der Waals surface area contributed by atoms with Crippen LogP contribution in [0.5, 0.6) is 11.9 Å². The normalized spacial score (nSPS) is 27.0. The lowest BCUT2D eigenvalue weighted by atomic mass is 9.92. The largest absolute Gasteiger partial charge is 0.480 e. The molecule has 1 aliphatic carbocycles. The number of benzene rings is 1. The van der Waals surface area contributed by atoms with Gasteiger partial charge < -0.3 is 24.2 Å². The second-order valence-electron chi connectivity index (χ2n) is 13.8. The third-order valence-corrected chi connectivity index (χ3v) is 10.1. The number of alkyl halides is 1. The van der Waals surface area contributed by atoms with Crippen LogP contribution in [0.1, 0.15) is 56.1 Å². The van der Waals surface area contributed by atoms with Gasteiger partial charge in [-0.3, -0.25) is 10.00 Å². The van der Waals surface area contributed by atoms with Crippen LogP contribution in [-0.2, 0) is 4.74 Å². The van der Waals surface area contributed by atoms with Crippen LogP contribution in [0.3, 0.4) is 0 Å². The molecule has 6 heterocycles. The van der Waals surface area contributed by atoms with Gasteiger partial charge >= 0.3 is 6.01 Å². The van der Waals surface area contributed by atoms with Crippen LogP contribution in [0.25, 0.3) is 33.1 Å². The van der Waals surface area contributed by atoms with Gasteiger partial charge in [0.25, 0.3) is 0 Å². The zero-order valence-electron chi connectivity index (χ0n) is 26.4. The molecule has 11 nitrogen and oxygen atoms in total. The highest BCUT2D eigenvalue weighted by Gasteiger charge is 2.49. The molecule has 3 aliphatic heterocycles. The highest BCUT2D eigenvalue weighted by Crippen LogP contribution is 2.50. The monoisotopic (exact) mass is 635 g/mol. The molecule has 0 amide bonds. The number of aliphatic hydroxyl groups is 1. The van der Waals surface area contributed by atoms with Crippen molar-refractivity contribution >= 4 is 27.6 Å². The number of ether oxygens (including phenoxy) is 3. The lowest BCUT2D eigenvalue weighted by Crippen LogP contribution is -2.44. The van der Waals surface area contributed by atoms with Crippen molar-refractivity contribution in [1.82, 2.24) is 30.0 Å². The molecular formula is C33H39F2N7O4. The first-order valence-corrected chi connectivity index (χ1v) is 16.2. The summed E-state index contributed by atoms with van der Waals surface area (Å²) in [7, 11) is 1.49. The van der Waals surface area contributed by atoms with Gasteiger partial charge in [-0.15, -0.1) is 0 Å². The molecule has 4 aliphatic rings. The highest BCUT2D eigenvalue weighted by molar-refractivity contribution is 6.01. The molecule has 0 bridgehead atoms. The first kappa shape index (κ1) is 29.7. The van der Waals surface area contributed by atoms with E-state index in [2.05, 4.69) is 20.1 Å². The number of hydrogen-bond acceptors (Lipinski definition) is 10.